The zero-order valence-corrected chi connectivity index (χ0v) is 15.2. The molecule has 2 N–H and O–H groups in total. The molecule has 1 amide bonds. The first-order valence-electron chi connectivity index (χ1n) is 9.87. The Morgan fingerprint density at radius 1 is 1.23 bits per heavy atom. The number of imidazole rings is 1. The third-order valence-electron chi connectivity index (χ3n) is 5.89. The molecule has 0 spiro atoms. The lowest BCUT2D eigenvalue weighted by atomic mass is 9.85. The number of fused-ring (bicyclic) bond motifs is 1. The fourth-order valence-electron chi connectivity index (χ4n) is 4.42. The first-order valence-corrected chi connectivity index (χ1v) is 9.87. The molecule has 5 nitrogen and oxygen atoms in total. The number of nitrogens with one attached hydrogen (secondary N) is 2. The maximum Gasteiger partial charge on any atom is 0.237 e. The van der Waals surface area contributed by atoms with E-state index >= 15 is 0 Å². The van der Waals surface area contributed by atoms with Gasteiger partial charge in [0.05, 0.1) is 12.6 Å². The number of aryl methyl sites for hydroxylation is 2. The van der Waals surface area contributed by atoms with Crippen molar-refractivity contribution in [1.82, 2.24) is 20.2 Å². The lowest BCUT2D eigenvalue weighted by Gasteiger charge is -2.24. The highest BCUT2D eigenvalue weighted by molar-refractivity contribution is 5.82. The molecular formula is C21H28N4O. The Morgan fingerprint density at radius 2 is 2.08 bits per heavy atom. The van der Waals surface area contributed by atoms with E-state index in [0.29, 0.717) is 18.5 Å². The third kappa shape index (κ3) is 3.98. The van der Waals surface area contributed by atoms with E-state index in [2.05, 4.69) is 44.5 Å². The van der Waals surface area contributed by atoms with E-state index < -0.39 is 0 Å². The zero-order valence-electron chi connectivity index (χ0n) is 15.2. The number of nitrogens with zero attached hydrogens (tertiary/aromatic N) is 2. The Bertz CT molecular complexity index is 713. The Morgan fingerprint density at radius 3 is 2.92 bits per heavy atom. The van der Waals surface area contributed by atoms with Gasteiger partial charge < -0.3 is 15.2 Å². The van der Waals surface area contributed by atoms with Gasteiger partial charge in [0.1, 0.15) is 5.82 Å². The van der Waals surface area contributed by atoms with E-state index in [-0.39, 0.29) is 11.9 Å². The molecule has 1 aromatic carbocycles. The third-order valence-corrected chi connectivity index (χ3v) is 5.89. The van der Waals surface area contributed by atoms with Crippen LogP contribution in [0.15, 0.2) is 42.7 Å². The molecule has 138 valence electrons. The summed E-state index contributed by atoms with van der Waals surface area (Å²) in [5.74, 6) is 1.73. The highest BCUT2D eigenvalue weighted by Gasteiger charge is 2.38. The van der Waals surface area contributed by atoms with Gasteiger partial charge in [0.25, 0.3) is 0 Å². The van der Waals surface area contributed by atoms with E-state index in [1.165, 1.54) is 31.2 Å². The molecule has 0 bridgehead atoms. The van der Waals surface area contributed by atoms with Crippen LogP contribution in [0.3, 0.4) is 0 Å². The van der Waals surface area contributed by atoms with Crippen molar-refractivity contribution in [3.8, 4) is 0 Å². The Hall–Kier alpha value is -2.14. The van der Waals surface area contributed by atoms with Crippen LogP contribution in [-0.4, -0.2) is 27.5 Å². The molecule has 2 aromatic rings. The number of rotatable bonds is 6. The van der Waals surface area contributed by atoms with Gasteiger partial charge >= 0.3 is 0 Å². The summed E-state index contributed by atoms with van der Waals surface area (Å²) in [7, 11) is 0. The van der Waals surface area contributed by atoms with Crippen molar-refractivity contribution in [2.75, 3.05) is 0 Å². The van der Waals surface area contributed by atoms with Crippen LogP contribution in [0.1, 0.15) is 43.5 Å². The van der Waals surface area contributed by atoms with Crippen LogP contribution in [0.2, 0.25) is 0 Å². The second kappa shape index (κ2) is 8.04. The maximum absolute atomic E-state index is 12.6. The van der Waals surface area contributed by atoms with Gasteiger partial charge in [0.15, 0.2) is 0 Å². The second-order valence-electron chi connectivity index (χ2n) is 7.60. The van der Waals surface area contributed by atoms with Crippen LogP contribution in [0, 0.1) is 5.92 Å². The fraction of sp³-hybridized carbons (Fsp3) is 0.524. The first-order chi connectivity index (χ1) is 12.8. The van der Waals surface area contributed by atoms with E-state index in [0.717, 1.165) is 25.2 Å². The number of hydrogen-bond acceptors (Lipinski definition) is 3. The van der Waals surface area contributed by atoms with Gasteiger partial charge in [-0.15, -0.1) is 0 Å². The average Bonchev–Trinajstić information content (AvgIpc) is 3.31. The van der Waals surface area contributed by atoms with Crippen molar-refractivity contribution in [3.63, 3.8) is 0 Å². The number of carbonyl (C=O) groups excluding carboxylic acids is 1. The predicted molar refractivity (Wildman–Crippen MR) is 102 cm³/mol. The molecule has 5 heteroatoms. The summed E-state index contributed by atoms with van der Waals surface area (Å²) in [5.41, 5.74) is 1.31. The van der Waals surface area contributed by atoms with Gasteiger partial charge in [-0.05, 0) is 37.2 Å². The van der Waals surface area contributed by atoms with Crippen molar-refractivity contribution in [2.45, 2.75) is 63.7 Å². The van der Waals surface area contributed by atoms with E-state index in [9.17, 15) is 4.79 Å². The molecule has 2 aliphatic rings. The Kier molecular flexibility index (Phi) is 5.34. The maximum atomic E-state index is 12.6. The van der Waals surface area contributed by atoms with E-state index in [1.54, 1.807) is 0 Å². The largest absolute Gasteiger partial charge is 0.348 e. The molecule has 2 fully saturated rings. The molecule has 1 aliphatic heterocycles. The highest BCUT2D eigenvalue weighted by Crippen LogP contribution is 2.33. The second-order valence-corrected chi connectivity index (χ2v) is 7.60. The molecule has 1 aliphatic carbocycles. The van der Waals surface area contributed by atoms with Crippen LogP contribution in [0.4, 0.5) is 0 Å². The van der Waals surface area contributed by atoms with Gasteiger partial charge in [-0.3, -0.25) is 4.79 Å². The quantitative estimate of drug-likeness (QED) is 0.840. The molecule has 3 unspecified atom stereocenters. The first kappa shape index (κ1) is 17.3. The molecule has 0 radical (unpaired) electrons. The molecule has 4 rings (SSSR count). The lowest BCUT2D eigenvalue weighted by molar-refractivity contribution is -0.123. The molecule has 3 atom stereocenters. The van der Waals surface area contributed by atoms with Crippen LogP contribution in [0.5, 0.6) is 0 Å². The summed E-state index contributed by atoms with van der Waals surface area (Å²) < 4.78 is 2.13. The monoisotopic (exact) mass is 352 g/mol. The average molecular weight is 352 g/mol. The molecule has 2 heterocycles. The van der Waals surface area contributed by atoms with Crippen molar-refractivity contribution in [3.05, 3.63) is 54.1 Å². The lowest BCUT2D eigenvalue weighted by Crippen LogP contribution is -2.43. The van der Waals surface area contributed by atoms with E-state index in [1.807, 2.05) is 18.5 Å². The molecule has 1 aromatic heterocycles. The van der Waals surface area contributed by atoms with Crippen LogP contribution in [0.25, 0.3) is 0 Å². The summed E-state index contributed by atoms with van der Waals surface area (Å²) in [6, 6.07) is 11.0. The zero-order chi connectivity index (χ0) is 17.8. The summed E-state index contributed by atoms with van der Waals surface area (Å²) in [6.07, 6.45) is 10.9. The summed E-state index contributed by atoms with van der Waals surface area (Å²) in [4.78, 5) is 17.0. The predicted octanol–water partition coefficient (Wildman–Crippen LogP) is 2.66. The normalized spacial score (nSPS) is 25.0. The summed E-state index contributed by atoms with van der Waals surface area (Å²) >= 11 is 0. The van der Waals surface area contributed by atoms with Gasteiger partial charge in [-0.25, -0.2) is 4.98 Å². The fourth-order valence-corrected chi connectivity index (χ4v) is 4.42. The summed E-state index contributed by atoms with van der Waals surface area (Å²) in [5, 5.41) is 6.64. The summed E-state index contributed by atoms with van der Waals surface area (Å²) in [6.45, 7) is 1.37. The standard InChI is InChI=1S/C21H28N4O/c26-21(19-14-17-8-4-5-9-18(17)24-19)23-15-20-22-11-13-25(20)12-10-16-6-2-1-3-7-16/h1-3,6-7,11,13,17-19,24H,4-5,8-10,12,14-15H2,(H,23,26). The molecule has 26 heavy (non-hydrogen) atoms. The van der Waals surface area contributed by atoms with Crippen LogP contribution in [-0.2, 0) is 24.3 Å². The number of hydrogen-bond donors (Lipinski definition) is 2. The van der Waals surface area contributed by atoms with E-state index in [4.69, 9.17) is 0 Å². The molecule has 1 saturated carbocycles. The minimum absolute atomic E-state index is 0.0316. The Labute approximate surface area is 155 Å². The number of amides is 1. The Balaban J connectivity index is 1.28. The smallest absolute Gasteiger partial charge is 0.237 e. The minimum Gasteiger partial charge on any atom is -0.348 e. The SMILES string of the molecule is O=C(NCc1nccn1CCc1ccccc1)C1CC2CCCCC2N1. The number of carbonyl (C=O) groups is 1. The molecular weight excluding hydrogens is 324 g/mol. The van der Waals surface area contributed by atoms with Gasteiger partial charge in [-0.1, -0.05) is 43.2 Å². The number of benzene rings is 1. The highest BCUT2D eigenvalue weighted by atomic mass is 16.2. The van der Waals surface area contributed by atoms with Gasteiger partial charge in [-0.2, -0.15) is 0 Å². The van der Waals surface area contributed by atoms with Crippen molar-refractivity contribution in [2.24, 2.45) is 5.92 Å². The van der Waals surface area contributed by atoms with Crippen LogP contribution >= 0.6 is 0 Å². The van der Waals surface area contributed by atoms with Gasteiger partial charge in [0, 0.05) is 25.0 Å². The molecule has 1 saturated heterocycles. The van der Waals surface area contributed by atoms with Crippen molar-refractivity contribution in [1.29, 1.82) is 0 Å². The topological polar surface area (TPSA) is 59.0 Å². The van der Waals surface area contributed by atoms with Crippen molar-refractivity contribution < 1.29 is 4.79 Å². The van der Waals surface area contributed by atoms with Gasteiger partial charge in [0.2, 0.25) is 5.91 Å². The van der Waals surface area contributed by atoms with Crippen molar-refractivity contribution >= 4 is 5.91 Å². The minimum atomic E-state index is -0.0316. The van der Waals surface area contributed by atoms with Crippen LogP contribution < -0.4 is 10.6 Å². The number of aromatic nitrogens is 2.